The van der Waals surface area contributed by atoms with Crippen molar-refractivity contribution < 1.29 is 18.7 Å². The summed E-state index contributed by atoms with van der Waals surface area (Å²) in [6, 6.07) is 2.62. The van der Waals surface area contributed by atoms with Gasteiger partial charge >= 0.3 is 6.03 Å². The zero-order valence-electron chi connectivity index (χ0n) is 10.9. The van der Waals surface area contributed by atoms with Gasteiger partial charge in [-0.15, -0.1) is 0 Å². The summed E-state index contributed by atoms with van der Waals surface area (Å²) in [6.45, 7) is 1.57. The van der Waals surface area contributed by atoms with Crippen LogP contribution >= 0.6 is 0 Å². The van der Waals surface area contributed by atoms with Crippen molar-refractivity contribution in [3.63, 3.8) is 0 Å². The molecule has 0 aromatic heterocycles. The normalized spacial score (nSPS) is 11.4. The molecular weight excluding hydrogens is 253 g/mol. The minimum Gasteiger partial charge on any atom is -0.494 e. The maximum absolute atomic E-state index is 13.0. The number of rotatable bonds is 4. The number of imide groups is 1. The third kappa shape index (κ3) is 4.13. The first-order chi connectivity index (χ1) is 8.97. The van der Waals surface area contributed by atoms with Crippen LogP contribution < -0.4 is 20.7 Å². The highest BCUT2D eigenvalue weighted by Crippen LogP contribution is 2.25. The number of methoxy groups -OCH3 is 1. The quantitative estimate of drug-likeness (QED) is 0.764. The molecule has 0 aliphatic carbocycles. The summed E-state index contributed by atoms with van der Waals surface area (Å²) in [5.41, 5.74) is 0.462. The Hall–Kier alpha value is -2.31. The molecule has 0 aliphatic rings. The van der Waals surface area contributed by atoms with Crippen LogP contribution in [0.5, 0.6) is 5.75 Å². The molecule has 0 bridgehead atoms. The second kappa shape index (κ2) is 6.58. The van der Waals surface area contributed by atoms with E-state index in [1.54, 1.807) is 6.92 Å². The van der Waals surface area contributed by atoms with E-state index in [0.29, 0.717) is 5.69 Å². The van der Waals surface area contributed by atoms with Gasteiger partial charge in [0.2, 0.25) is 5.91 Å². The first-order valence-corrected chi connectivity index (χ1v) is 5.60. The van der Waals surface area contributed by atoms with Gasteiger partial charge in [0.05, 0.1) is 12.8 Å². The van der Waals surface area contributed by atoms with Crippen LogP contribution in [0.1, 0.15) is 6.92 Å². The zero-order valence-corrected chi connectivity index (χ0v) is 10.9. The molecule has 0 fully saturated rings. The summed E-state index contributed by atoms with van der Waals surface area (Å²) < 4.78 is 18.0. The van der Waals surface area contributed by atoms with Crippen molar-refractivity contribution in [1.82, 2.24) is 10.6 Å². The van der Waals surface area contributed by atoms with Crippen LogP contribution in [0, 0.1) is 5.82 Å². The first kappa shape index (κ1) is 14.7. The van der Waals surface area contributed by atoms with Crippen molar-refractivity contribution in [2.24, 2.45) is 0 Å². The molecule has 0 saturated carbocycles. The van der Waals surface area contributed by atoms with Crippen LogP contribution in [0.15, 0.2) is 18.2 Å². The van der Waals surface area contributed by atoms with E-state index < -0.39 is 23.8 Å². The topological polar surface area (TPSA) is 79.5 Å². The van der Waals surface area contributed by atoms with Gasteiger partial charge in [0.1, 0.15) is 17.6 Å². The molecule has 1 aromatic carbocycles. The molecule has 0 aliphatic heterocycles. The number of halogens is 1. The monoisotopic (exact) mass is 269 g/mol. The average Bonchev–Trinajstić information content (AvgIpc) is 2.40. The molecule has 1 atom stereocenters. The van der Waals surface area contributed by atoms with E-state index in [0.717, 1.165) is 0 Å². The Morgan fingerprint density at radius 3 is 2.63 bits per heavy atom. The zero-order chi connectivity index (χ0) is 14.4. The molecule has 0 spiro atoms. The lowest BCUT2D eigenvalue weighted by atomic mass is 10.2. The van der Waals surface area contributed by atoms with E-state index in [-0.39, 0.29) is 5.75 Å². The largest absolute Gasteiger partial charge is 0.494 e. The molecule has 0 radical (unpaired) electrons. The fourth-order valence-corrected chi connectivity index (χ4v) is 1.37. The van der Waals surface area contributed by atoms with E-state index in [9.17, 15) is 14.0 Å². The minimum absolute atomic E-state index is 0.277. The molecule has 7 heteroatoms. The van der Waals surface area contributed by atoms with E-state index in [1.807, 2.05) is 0 Å². The van der Waals surface area contributed by atoms with Gasteiger partial charge in [0.15, 0.2) is 0 Å². The van der Waals surface area contributed by atoms with Crippen LogP contribution in [-0.2, 0) is 4.79 Å². The van der Waals surface area contributed by atoms with Crippen LogP contribution in [0.3, 0.4) is 0 Å². The summed E-state index contributed by atoms with van der Waals surface area (Å²) in [6.07, 6.45) is 0. The molecule has 0 saturated heterocycles. The number of hydrogen-bond donors (Lipinski definition) is 3. The molecule has 1 unspecified atom stereocenters. The Balaban J connectivity index is 2.73. The number of ether oxygens (including phenoxy) is 1. The van der Waals surface area contributed by atoms with Gasteiger partial charge in [0, 0.05) is 13.1 Å². The van der Waals surface area contributed by atoms with Gasteiger partial charge in [0.25, 0.3) is 0 Å². The Bertz CT molecular complexity index is 479. The van der Waals surface area contributed by atoms with E-state index in [2.05, 4.69) is 16.0 Å². The number of carbonyl (C=O) groups excluding carboxylic acids is 2. The first-order valence-electron chi connectivity index (χ1n) is 5.60. The molecule has 3 amide bonds. The Kier molecular flexibility index (Phi) is 5.11. The minimum atomic E-state index is -0.684. The second-order valence-electron chi connectivity index (χ2n) is 3.78. The highest BCUT2D eigenvalue weighted by molar-refractivity contribution is 5.98. The maximum Gasteiger partial charge on any atom is 0.321 e. The lowest BCUT2D eigenvalue weighted by molar-refractivity contribution is -0.120. The molecule has 0 heterocycles. The van der Waals surface area contributed by atoms with Crippen LogP contribution in [0.2, 0.25) is 0 Å². The number of hydrogen-bond acceptors (Lipinski definition) is 4. The molecule has 1 rings (SSSR count). The number of nitrogens with one attached hydrogen (secondary N) is 3. The Morgan fingerprint density at radius 1 is 1.37 bits per heavy atom. The Morgan fingerprint density at radius 2 is 2.05 bits per heavy atom. The van der Waals surface area contributed by atoms with Crippen molar-refractivity contribution >= 4 is 17.6 Å². The predicted octanol–water partition coefficient (Wildman–Crippen LogP) is 1.09. The van der Waals surface area contributed by atoms with Crippen molar-refractivity contribution in [3.05, 3.63) is 24.0 Å². The highest BCUT2D eigenvalue weighted by Gasteiger charge is 2.16. The summed E-state index contributed by atoms with van der Waals surface area (Å²) in [5.74, 6) is -0.671. The molecule has 1 aromatic rings. The van der Waals surface area contributed by atoms with E-state index >= 15 is 0 Å². The number of carbonyl (C=O) groups is 2. The Labute approximate surface area is 110 Å². The highest BCUT2D eigenvalue weighted by atomic mass is 19.1. The van der Waals surface area contributed by atoms with Crippen molar-refractivity contribution in [2.45, 2.75) is 13.0 Å². The van der Waals surface area contributed by atoms with Crippen molar-refractivity contribution in [1.29, 1.82) is 0 Å². The fraction of sp³-hybridized carbons (Fsp3) is 0.333. The second-order valence-corrected chi connectivity index (χ2v) is 3.78. The number of urea groups is 1. The summed E-state index contributed by atoms with van der Waals surface area (Å²) in [7, 11) is 2.80. The molecule has 6 nitrogen and oxygen atoms in total. The van der Waals surface area contributed by atoms with Gasteiger partial charge in [-0.05, 0) is 19.1 Å². The summed E-state index contributed by atoms with van der Waals surface area (Å²) >= 11 is 0. The smallest absolute Gasteiger partial charge is 0.321 e. The predicted molar refractivity (Wildman–Crippen MR) is 68.6 cm³/mol. The average molecular weight is 269 g/mol. The van der Waals surface area contributed by atoms with Crippen molar-refractivity contribution in [3.8, 4) is 5.75 Å². The van der Waals surface area contributed by atoms with Crippen LogP contribution in [-0.4, -0.2) is 32.1 Å². The SMILES string of the molecule is CNC(=O)NC(=O)C(C)Nc1ccc(F)cc1OC. The lowest BCUT2D eigenvalue weighted by Gasteiger charge is -2.16. The van der Waals surface area contributed by atoms with Crippen molar-refractivity contribution in [2.75, 3.05) is 19.5 Å². The van der Waals surface area contributed by atoms with Gasteiger partial charge in [-0.3, -0.25) is 10.1 Å². The van der Waals surface area contributed by atoms with Gasteiger partial charge < -0.3 is 15.4 Å². The van der Waals surface area contributed by atoms with Gasteiger partial charge in [-0.25, -0.2) is 9.18 Å². The van der Waals surface area contributed by atoms with E-state index in [4.69, 9.17) is 4.74 Å². The molecule has 3 N–H and O–H groups in total. The number of anilines is 1. The summed E-state index contributed by atoms with van der Waals surface area (Å²) in [5, 5.41) is 7.24. The fourth-order valence-electron chi connectivity index (χ4n) is 1.37. The lowest BCUT2D eigenvalue weighted by Crippen LogP contribution is -2.44. The third-order valence-electron chi connectivity index (χ3n) is 2.39. The van der Waals surface area contributed by atoms with E-state index in [1.165, 1.54) is 32.4 Å². The summed E-state index contributed by atoms with van der Waals surface area (Å²) in [4.78, 5) is 22.6. The number of benzene rings is 1. The van der Waals surface area contributed by atoms with Crippen LogP contribution in [0.25, 0.3) is 0 Å². The molecular formula is C12H16FN3O3. The van der Waals surface area contributed by atoms with Crippen LogP contribution in [0.4, 0.5) is 14.9 Å². The molecule has 19 heavy (non-hydrogen) atoms. The molecule has 104 valence electrons. The van der Waals surface area contributed by atoms with Gasteiger partial charge in [-0.2, -0.15) is 0 Å². The maximum atomic E-state index is 13.0. The number of amides is 3. The third-order valence-corrected chi connectivity index (χ3v) is 2.39. The van der Waals surface area contributed by atoms with Gasteiger partial charge in [-0.1, -0.05) is 0 Å². The standard InChI is InChI=1S/C12H16FN3O3/c1-7(11(17)16-12(18)14-2)15-9-5-4-8(13)6-10(9)19-3/h4-7,15H,1-3H3,(H2,14,16,17,18).